The van der Waals surface area contributed by atoms with Crippen LogP contribution in [0.5, 0.6) is 0 Å². The highest BCUT2D eigenvalue weighted by molar-refractivity contribution is 5.45. The zero-order valence-corrected chi connectivity index (χ0v) is 16.6. The van der Waals surface area contributed by atoms with E-state index in [2.05, 4.69) is 87.8 Å². The second kappa shape index (κ2) is 9.54. The first kappa shape index (κ1) is 20.2. The Balaban J connectivity index is 2.47. The Hall–Kier alpha value is -2.12. The van der Waals surface area contributed by atoms with Crippen molar-refractivity contribution in [3.8, 4) is 0 Å². The molecule has 0 amide bonds. The van der Waals surface area contributed by atoms with Crippen molar-refractivity contribution < 1.29 is 0 Å². The fraction of sp³-hybridized carbons (Fsp3) is 0.360. The van der Waals surface area contributed by atoms with Gasteiger partial charge >= 0.3 is 0 Å². The number of hydrogen-bond acceptors (Lipinski definition) is 1. The van der Waals surface area contributed by atoms with Crippen molar-refractivity contribution in [2.45, 2.75) is 45.6 Å². The van der Waals surface area contributed by atoms with E-state index < -0.39 is 0 Å². The number of benzene rings is 2. The Labute approximate surface area is 159 Å². The molecule has 2 atom stereocenters. The van der Waals surface area contributed by atoms with Crippen molar-refractivity contribution in [3.63, 3.8) is 0 Å². The summed E-state index contributed by atoms with van der Waals surface area (Å²) in [6, 6.07) is 17.5. The van der Waals surface area contributed by atoms with Gasteiger partial charge in [-0.25, -0.2) is 0 Å². The SMILES string of the molecule is C=CCC[C@@H](C)Cc1ccccc1[C@](C)(NCC=C)c1ccccc1C. The predicted octanol–water partition coefficient (Wildman–Crippen LogP) is 6.18. The molecule has 138 valence electrons. The molecule has 0 aliphatic heterocycles. The third-order valence-corrected chi connectivity index (χ3v) is 5.27. The first-order valence-electron chi connectivity index (χ1n) is 9.64. The lowest BCUT2D eigenvalue weighted by atomic mass is 9.78. The van der Waals surface area contributed by atoms with Crippen LogP contribution in [0.3, 0.4) is 0 Å². The molecule has 0 bridgehead atoms. The van der Waals surface area contributed by atoms with Gasteiger partial charge in [0.25, 0.3) is 0 Å². The van der Waals surface area contributed by atoms with Crippen molar-refractivity contribution in [1.29, 1.82) is 0 Å². The largest absolute Gasteiger partial charge is 0.300 e. The van der Waals surface area contributed by atoms with E-state index in [1.807, 2.05) is 12.2 Å². The van der Waals surface area contributed by atoms with Gasteiger partial charge in [0.2, 0.25) is 0 Å². The molecule has 2 aromatic carbocycles. The fourth-order valence-corrected chi connectivity index (χ4v) is 3.81. The molecule has 0 saturated carbocycles. The van der Waals surface area contributed by atoms with Gasteiger partial charge in [-0.1, -0.05) is 67.6 Å². The van der Waals surface area contributed by atoms with Crippen LogP contribution in [0.1, 0.15) is 48.9 Å². The van der Waals surface area contributed by atoms with Crippen LogP contribution in [-0.4, -0.2) is 6.54 Å². The van der Waals surface area contributed by atoms with Crippen LogP contribution >= 0.6 is 0 Å². The molecule has 0 saturated heterocycles. The maximum atomic E-state index is 3.91. The van der Waals surface area contributed by atoms with Crippen LogP contribution in [0, 0.1) is 12.8 Å². The molecule has 1 nitrogen and oxygen atoms in total. The van der Waals surface area contributed by atoms with Gasteiger partial charge in [-0.15, -0.1) is 13.2 Å². The van der Waals surface area contributed by atoms with Crippen LogP contribution in [0.4, 0.5) is 0 Å². The monoisotopic (exact) mass is 347 g/mol. The Bertz CT molecular complexity index is 730. The maximum absolute atomic E-state index is 3.91. The second-order valence-electron chi connectivity index (χ2n) is 7.44. The van der Waals surface area contributed by atoms with E-state index in [0.717, 1.165) is 19.4 Å². The van der Waals surface area contributed by atoms with Gasteiger partial charge < -0.3 is 5.32 Å². The van der Waals surface area contributed by atoms with Gasteiger partial charge in [-0.2, -0.15) is 0 Å². The minimum Gasteiger partial charge on any atom is -0.300 e. The molecule has 26 heavy (non-hydrogen) atoms. The predicted molar refractivity (Wildman–Crippen MR) is 115 cm³/mol. The lowest BCUT2D eigenvalue weighted by Gasteiger charge is -2.35. The molecular formula is C25H33N. The molecular weight excluding hydrogens is 314 g/mol. The average molecular weight is 348 g/mol. The molecule has 1 heteroatoms. The summed E-state index contributed by atoms with van der Waals surface area (Å²) in [7, 11) is 0. The standard InChI is InChI=1S/C25H33N/c1-6-8-13-20(3)19-22-15-10-12-17-24(22)25(5,26-18-7-2)23-16-11-9-14-21(23)4/h6-7,9-12,14-17,20,26H,1-2,8,13,18-19H2,3-5H3/t20-,25-/m1/s1. The van der Waals surface area contributed by atoms with E-state index in [1.54, 1.807) is 0 Å². The summed E-state index contributed by atoms with van der Waals surface area (Å²) in [5, 5.41) is 3.74. The van der Waals surface area contributed by atoms with E-state index in [1.165, 1.54) is 28.7 Å². The Morgan fingerprint density at radius 1 is 1.00 bits per heavy atom. The highest BCUT2D eigenvalue weighted by Gasteiger charge is 2.31. The first-order valence-corrected chi connectivity index (χ1v) is 9.64. The summed E-state index contributed by atoms with van der Waals surface area (Å²) in [6.45, 7) is 15.4. The summed E-state index contributed by atoms with van der Waals surface area (Å²) in [5.41, 5.74) is 5.18. The molecule has 0 heterocycles. The molecule has 0 aliphatic carbocycles. The molecule has 2 aromatic rings. The Kier molecular flexibility index (Phi) is 7.41. The summed E-state index contributed by atoms with van der Waals surface area (Å²) in [4.78, 5) is 0. The number of hydrogen-bond donors (Lipinski definition) is 1. The minimum atomic E-state index is -0.242. The topological polar surface area (TPSA) is 12.0 Å². The molecule has 0 radical (unpaired) electrons. The molecule has 0 unspecified atom stereocenters. The maximum Gasteiger partial charge on any atom is 0.0669 e. The van der Waals surface area contributed by atoms with E-state index in [-0.39, 0.29) is 5.54 Å². The van der Waals surface area contributed by atoms with Gasteiger partial charge in [0.1, 0.15) is 0 Å². The van der Waals surface area contributed by atoms with Crippen molar-refractivity contribution in [2.24, 2.45) is 5.92 Å². The number of nitrogens with one attached hydrogen (secondary N) is 1. The molecule has 0 aliphatic rings. The Morgan fingerprint density at radius 3 is 2.31 bits per heavy atom. The van der Waals surface area contributed by atoms with Gasteiger partial charge in [-0.05, 0) is 61.3 Å². The number of aryl methyl sites for hydroxylation is 1. The molecule has 0 spiro atoms. The summed E-state index contributed by atoms with van der Waals surface area (Å²) in [6.07, 6.45) is 7.30. The molecule has 0 aromatic heterocycles. The van der Waals surface area contributed by atoms with Crippen molar-refractivity contribution >= 4 is 0 Å². The Morgan fingerprint density at radius 2 is 1.65 bits per heavy atom. The lowest BCUT2D eigenvalue weighted by molar-refractivity contribution is 0.450. The smallest absolute Gasteiger partial charge is 0.0669 e. The quantitative estimate of drug-likeness (QED) is 0.506. The van der Waals surface area contributed by atoms with Crippen molar-refractivity contribution in [1.82, 2.24) is 5.32 Å². The second-order valence-corrected chi connectivity index (χ2v) is 7.44. The molecule has 0 fully saturated rings. The van der Waals surface area contributed by atoms with E-state index in [9.17, 15) is 0 Å². The summed E-state index contributed by atoms with van der Waals surface area (Å²) < 4.78 is 0. The van der Waals surface area contributed by atoms with Crippen LogP contribution in [0.25, 0.3) is 0 Å². The van der Waals surface area contributed by atoms with Crippen LogP contribution in [0.2, 0.25) is 0 Å². The van der Waals surface area contributed by atoms with Gasteiger partial charge in [0, 0.05) is 6.54 Å². The van der Waals surface area contributed by atoms with E-state index in [0.29, 0.717) is 5.92 Å². The van der Waals surface area contributed by atoms with Crippen LogP contribution < -0.4 is 5.32 Å². The van der Waals surface area contributed by atoms with E-state index >= 15 is 0 Å². The summed E-state index contributed by atoms with van der Waals surface area (Å²) >= 11 is 0. The van der Waals surface area contributed by atoms with Crippen LogP contribution in [-0.2, 0) is 12.0 Å². The third kappa shape index (κ3) is 4.74. The van der Waals surface area contributed by atoms with Crippen molar-refractivity contribution in [3.05, 3.63) is 96.1 Å². The van der Waals surface area contributed by atoms with Gasteiger partial charge in [0.05, 0.1) is 5.54 Å². The van der Waals surface area contributed by atoms with Crippen molar-refractivity contribution in [2.75, 3.05) is 6.54 Å². The fourth-order valence-electron chi connectivity index (χ4n) is 3.81. The average Bonchev–Trinajstić information content (AvgIpc) is 2.65. The highest BCUT2D eigenvalue weighted by Crippen LogP contribution is 2.34. The first-order chi connectivity index (χ1) is 12.5. The normalized spacial score (nSPS) is 14.4. The number of rotatable bonds is 10. The number of allylic oxidation sites excluding steroid dienone is 1. The summed E-state index contributed by atoms with van der Waals surface area (Å²) in [5.74, 6) is 0.634. The highest BCUT2D eigenvalue weighted by atomic mass is 15.0. The third-order valence-electron chi connectivity index (χ3n) is 5.27. The van der Waals surface area contributed by atoms with Crippen LogP contribution in [0.15, 0.2) is 73.8 Å². The zero-order chi connectivity index (χ0) is 19.0. The lowest BCUT2D eigenvalue weighted by Crippen LogP contribution is -2.42. The zero-order valence-electron chi connectivity index (χ0n) is 16.6. The van der Waals surface area contributed by atoms with Gasteiger partial charge in [0.15, 0.2) is 0 Å². The van der Waals surface area contributed by atoms with E-state index in [4.69, 9.17) is 0 Å². The molecule has 1 N–H and O–H groups in total. The minimum absolute atomic E-state index is 0.242. The van der Waals surface area contributed by atoms with Gasteiger partial charge in [-0.3, -0.25) is 0 Å². The molecule has 2 rings (SSSR count).